The van der Waals surface area contributed by atoms with E-state index in [9.17, 15) is 0 Å². The number of unbranched alkanes of at least 4 members (excludes halogenated alkanes) is 12. The fourth-order valence-electron chi connectivity index (χ4n) is 18.5. The van der Waals surface area contributed by atoms with Crippen molar-refractivity contribution in [2.75, 3.05) is 13.2 Å². The van der Waals surface area contributed by atoms with Gasteiger partial charge in [0.2, 0.25) is 0 Å². The standard InChI is InChI=1S/C77H57NO3.C64H56O4/c1-6-10-13-16-18-20-22-25-47-79-67-42-44-70-72(55-67)76(69-43-41-68(80-48-26-23-21-19-17-14-11-7-2)56-73(69)77(70)66-40-45-74-63(52-66)29-27-46-78-74)65-39-37-59-50-61(38-36-60(59)51-65)71-53-64(28-9-4)75(81-49-24-15-12-8-3)54-62(71)35-34-58-32-30-57(5)31-33-58;1-5-8-10-12-14-19-39-65-57-36-38-60-61(43-57)63(51-29-32-55(33-30-51)67-45-48-21-17-16-18-22-48)59-37-35-58(66-40-20-15-13-11-9-6-2)44-62(59)64(60)54-28-27-53-42-56(34-31-52(53)41-54)68-46-49-23-25-50(26-24-49)47(4)7-3/h2-3,9,27-46,50-56H,6,10,13,16,18,20,22,25,47H2,1,4-5H3;1,16-18,21-38,41-44,47H,6-7,9,11,13,15,20,40,45-46H2,2-4H3/b28-9+,35-34+;. The topological polar surface area (TPSA) is 77.5 Å². The van der Waals surface area contributed by atoms with Gasteiger partial charge in [-0.2, -0.15) is 0 Å². The maximum Gasteiger partial charge on any atom is 0.148 e. The SMILES string of the molecule is C#CC#CC#CC#CC#COc1ccc2c(-c3ccc4cc(-c5cc(/C=C/C)c(OC#CC#CC#C)cc5/C=C/c5ccc(C)cc5)ccc4c3)c3cc(OCCCCCCCCCC)ccc3c(-c3ccc4ncccc4c3)c2c1.C#CC#CC#CC#COc1ccc2c(-c3ccc4cc(OCc5ccc(C(C)CC)cc5)ccc4c3)c3cc(OCCCCCCCC)ccc3c(-c3ccc(OCc4ccccc4)cc3)c2c1. The van der Waals surface area contributed by atoms with Gasteiger partial charge in [-0.05, 0) is 374 Å². The number of aromatic nitrogens is 1. The predicted octanol–water partition coefficient (Wildman–Crippen LogP) is 33.6. The van der Waals surface area contributed by atoms with Crippen LogP contribution < -0.4 is 33.2 Å². The summed E-state index contributed by atoms with van der Waals surface area (Å²) in [6, 6.07) is 102. The van der Waals surface area contributed by atoms with Gasteiger partial charge < -0.3 is 33.2 Å². The van der Waals surface area contributed by atoms with E-state index in [4.69, 9.17) is 52.4 Å². The highest BCUT2D eigenvalue weighted by atomic mass is 16.5. The van der Waals surface area contributed by atoms with E-state index in [0.29, 0.717) is 49.6 Å². The van der Waals surface area contributed by atoms with E-state index in [1.807, 2.05) is 79.9 Å². The minimum Gasteiger partial charge on any atom is -0.494 e. The average Bonchev–Trinajstić information content (AvgIpc) is 0.727. The van der Waals surface area contributed by atoms with Crippen molar-refractivity contribution in [3.63, 3.8) is 0 Å². The minimum absolute atomic E-state index is 0.484. The van der Waals surface area contributed by atoms with Gasteiger partial charge >= 0.3 is 0 Å². The smallest absolute Gasteiger partial charge is 0.148 e. The van der Waals surface area contributed by atoms with E-state index in [0.717, 1.165) is 214 Å². The van der Waals surface area contributed by atoms with Crippen molar-refractivity contribution in [3.8, 4) is 240 Å². The second-order valence-electron chi connectivity index (χ2n) is 36.5. The van der Waals surface area contributed by atoms with Crippen LogP contribution in [0.3, 0.4) is 0 Å². The van der Waals surface area contributed by atoms with Gasteiger partial charge in [0.25, 0.3) is 0 Å². The third kappa shape index (κ3) is 27.8. The van der Waals surface area contributed by atoms with Gasteiger partial charge in [0, 0.05) is 70.4 Å². The summed E-state index contributed by atoms with van der Waals surface area (Å²) < 4.78 is 43.8. The Bertz CT molecular complexity index is 8630. The fraction of sp³-hybridized carbons (Fsp3) is 0.184. The zero-order valence-corrected chi connectivity index (χ0v) is 85.1. The average molecular weight is 1930 g/mol. The molecule has 0 saturated carbocycles. The van der Waals surface area contributed by atoms with E-state index in [1.54, 1.807) is 0 Å². The number of benzene rings is 16. The van der Waals surface area contributed by atoms with Crippen molar-refractivity contribution in [2.24, 2.45) is 0 Å². The number of nitrogens with zero attached hydrogens (tertiary/aromatic N) is 1. The molecule has 0 aliphatic rings. The van der Waals surface area contributed by atoms with Crippen molar-refractivity contribution < 1.29 is 33.2 Å². The van der Waals surface area contributed by atoms with E-state index >= 15 is 0 Å². The van der Waals surface area contributed by atoms with E-state index in [-0.39, 0.29) is 0 Å². The fourth-order valence-corrected chi connectivity index (χ4v) is 18.5. The zero-order chi connectivity index (χ0) is 103. The van der Waals surface area contributed by atoms with Gasteiger partial charge in [-0.1, -0.05) is 292 Å². The third-order valence-corrected chi connectivity index (χ3v) is 26.2. The Hall–Kier alpha value is -18.7. The minimum atomic E-state index is 0.484. The monoisotopic (exact) mass is 1930 g/mol. The van der Waals surface area contributed by atoms with Crippen molar-refractivity contribution in [1.82, 2.24) is 4.98 Å². The molecule has 8 nitrogen and oxygen atoms in total. The number of pyridine rings is 1. The van der Waals surface area contributed by atoms with Crippen molar-refractivity contribution in [3.05, 3.63) is 342 Å². The molecule has 0 spiro atoms. The second-order valence-corrected chi connectivity index (χ2v) is 36.5. The molecule has 17 rings (SSSR count). The van der Waals surface area contributed by atoms with Crippen molar-refractivity contribution in [1.29, 1.82) is 0 Å². The highest BCUT2D eigenvalue weighted by molar-refractivity contribution is 6.24. The molecule has 1 atom stereocenters. The quantitative estimate of drug-likeness (QED) is 0.0165. The number of rotatable bonds is 37. The first-order valence-corrected chi connectivity index (χ1v) is 51.1. The molecular formula is C141H113NO7. The highest BCUT2D eigenvalue weighted by Gasteiger charge is 2.24. The normalized spacial score (nSPS) is 10.7. The zero-order valence-electron chi connectivity index (χ0n) is 85.1. The van der Waals surface area contributed by atoms with Crippen LogP contribution >= 0.6 is 0 Å². The summed E-state index contributed by atoms with van der Waals surface area (Å²) >= 11 is 0. The molecule has 0 amide bonds. The molecular weight excluding hydrogens is 1820 g/mol. The highest BCUT2D eigenvalue weighted by Crippen LogP contribution is 2.50. The van der Waals surface area contributed by atoms with Gasteiger partial charge in [0.1, 0.15) is 71.8 Å². The second kappa shape index (κ2) is 53.6. The number of hydrogen-bond acceptors (Lipinski definition) is 8. The van der Waals surface area contributed by atoms with Crippen LogP contribution in [0, 0.1) is 151 Å². The summed E-state index contributed by atoms with van der Waals surface area (Å²) in [5.74, 6) is 51.7. The summed E-state index contributed by atoms with van der Waals surface area (Å²) in [6.45, 7) is 15.4. The number of allylic oxidation sites excluding steroid dienone is 1. The lowest BCUT2D eigenvalue weighted by Gasteiger charge is -2.20. The Labute approximate surface area is 878 Å². The first-order chi connectivity index (χ1) is 73.4. The summed E-state index contributed by atoms with van der Waals surface area (Å²) in [6.07, 6.45) is 52.2. The van der Waals surface area contributed by atoms with Gasteiger partial charge in [-0.15, -0.1) is 19.3 Å². The van der Waals surface area contributed by atoms with E-state index < -0.39 is 0 Å². The lowest BCUT2D eigenvalue weighted by molar-refractivity contribution is 0.304. The molecule has 17 aromatic rings. The van der Waals surface area contributed by atoms with E-state index in [1.165, 1.54) is 75.3 Å². The van der Waals surface area contributed by atoms with E-state index in [2.05, 4.69) is 413 Å². The number of terminal acetylenes is 3. The van der Waals surface area contributed by atoms with Crippen LogP contribution in [-0.2, 0) is 13.2 Å². The lowest BCUT2D eigenvalue weighted by Crippen LogP contribution is -1.98. The van der Waals surface area contributed by atoms with Gasteiger partial charge in [-0.25, -0.2) is 0 Å². The number of fused-ring (bicyclic) bond motifs is 7. The molecule has 0 aliphatic carbocycles. The molecule has 0 fully saturated rings. The number of hydrogen-bond donors (Lipinski definition) is 0. The first kappa shape index (κ1) is 103. The molecule has 16 aromatic carbocycles. The predicted molar refractivity (Wildman–Crippen MR) is 621 cm³/mol. The molecule has 149 heavy (non-hydrogen) atoms. The number of aryl methyl sites for hydroxylation is 1. The molecule has 0 radical (unpaired) electrons. The lowest BCUT2D eigenvalue weighted by atomic mass is 9.85. The molecule has 8 heteroatoms. The molecule has 0 N–H and O–H groups in total. The summed E-state index contributed by atoms with van der Waals surface area (Å²) in [5, 5.41) is 13.9. The summed E-state index contributed by atoms with van der Waals surface area (Å²) in [4.78, 5) is 4.65. The molecule has 0 bridgehead atoms. The van der Waals surface area contributed by atoms with Crippen molar-refractivity contribution in [2.45, 2.75) is 157 Å². The van der Waals surface area contributed by atoms with Gasteiger partial charge in [0.15, 0.2) is 0 Å². The van der Waals surface area contributed by atoms with Crippen LogP contribution in [0.5, 0.6) is 40.2 Å². The Morgan fingerprint density at radius 3 is 1.26 bits per heavy atom. The summed E-state index contributed by atoms with van der Waals surface area (Å²) in [5.41, 5.74) is 19.3. The maximum absolute atomic E-state index is 6.62. The molecule has 0 aliphatic heterocycles. The van der Waals surface area contributed by atoms with Crippen LogP contribution in [0.4, 0.5) is 0 Å². The molecule has 0 saturated heterocycles. The van der Waals surface area contributed by atoms with Crippen molar-refractivity contribution >= 4 is 93.8 Å². The molecule has 1 aromatic heterocycles. The third-order valence-electron chi connectivity index (χ3n) is 26.2. The van der Waals surface area contributed by atoms with Crippen LogP contribution in [0.25, 0.3) is 149 Å². The van der Waals surface area contributed by atoms with Gasteiger partial charge in [-0.3, -0.25) is 4.98 Å². The maximum atomic E-state index is 6.62. The molecule has 1 unspecified atom stereocenters. The van der Waals surface area contributed by atoms with Crippen LogP contribution in [0.2, 0.25) is 0 Å². The Kier molecular flexibility index (Phi) is 37.1. The largest absolute Gasteiger partial charge is 0.494 e. The van der Waals surface area contributed by atoms with Crippen LogP contribution in [0.1, 0.15) is 176 Å². The Balaban J connectivity index is 0.000000216. The van der Waals surface area contributed by atoms with Crippen LogP contribution in [-0.4, -0.2) is 18.2 Å². The molecule has 1 heterocycles. The number of ether oxygens (including phenoxy) is 7. The van der Waals surface area contributed by atoms with Gasteiger partial charge in [0.05, 0.1) is 18.7 Å². The Morgan fingerprint density at radius 2 is 0.725 bits per heavy atom. The Morgan fingerprint density at radius 1 is 0.309 bits per heavy atom. The van der Waals surface area contributed by atoms with Crippen LogP contribution in [0.15, 0.2) is 303 Å². The first-order valence-electron chi connectivity index (χ1n) is 51.1. The summed E-state index contributed by atoms with van der Waals surface area (Å²) in [7, 11) is 0. The molecule has 724 valence electrons.